The Kier molecular flexibility index (Phi) is 16.1. The Morgan fingerprint density at radius 2 is 1.84 bits per heavy atom. The molecule has 14 heteroatoms. The number of likely N-dealkylation sites (tertiary alicyclic amines) is 1. The molecule has 0 spiro atoms. The molecule has 3 fully saturated rings. The second kappa shape index (κ2) is 19.2. The number of amides is 1. The number of fused-ring (bicyclic) bond motifs is 1. The second-order valence-corrected chi connectivity index (χ2v) is 14.5. The molecule has 1 aliphatic carbocycles. The van der Waals surface area contributed by atoms with Crippen LogP contribution in [0.25, 0.3) is 0 Å². The average Bonchev–Trinajstić information content (AvgIpc) is 3.44. The number of aliphatic carboxylic acids is 1. The molecule has 254 valence electrons. The van der Waals surface area contributed by atoms with E-state index in [-0.39, 0.29) is 30.4 Å². The first-order chi connectivity index (χ1) is 21.6. The van der Waals surface area contributed by atoms with Gasteiger partial charge in [-0.05, 0) is 63.9 Å². The van der Waals surface area contributed by atoms with Crippen LogP contribution in [0.3, 0.4) is 0 Å². The molecule has 3 aliphatic rings. The minimum atomic E-state index is -2.84. The fraction of sp³-hybridized carbons (Fsp3) is 0.710. The lowest BCUT2D eigenvalue weighted by Gasteiger charge is -2.35. The van der Waals surface area contributed by atoms with Gasteiger partial charge >= 0.3 is 19.6 Å². The lowest BCUT2D eigenvalue weighted by Crippen LogP contribution is -2.55. The van der Waals surface area contributed by atoms with Crippen LogP contribution in [-0.2, 0) is 34.6 Å². The Hall–Kier alpha value is -1.72. The lowest BCUT2D eigenvalue weighted by molar-refractivity contribution is -0.152. The number of carboxylic acids is 1. The summed E-state index contributed by atoms with van der Waals surface area (Å²) in [4.78, 5) is 39.3. The van der Waals surface area contributed by atoms with Gasteiger partial charge in [0.15, 0.2) is 0 Å². The topological polar surface area (TPSA) is 138 Å². The van der Waals surface area contributed by atoms with E-state index in [1.54, 1.807) is 23.4 Å². The van der Waals surface area contributed by atoms with Gasteiger partial charge in [0.05, 0.1) is 19.3 Å². The van der Waals surface area contributed by atoms with E-state index in [4.69, 9.17) is 32.5 Å². The van der Waals surface area contributed by atoms with E-state index in [0.29, 0.717) is 50.7 Å². The predicted molar refractivity (Wildman–Crippen MR) is 176 cm³/mol. The van der Waals surface area contributed by atoms with Gasteiger partial charge in [0, 0.05) is 37.4 Å². The average molecular weight is 692 g/mol. The Morgan fingerprint density at radius 3 is 2.44 bits per heavy atom. The number of halogens is 2. The molecular weight excluding hydrogens is 642 g/mol. The number of ether oxygens (including phenoxy) is 1. The minimum absolute atomic E-state index is 0.0167. The van der Waals surface area contributed by atoms with Crippen molar-refractivity contribution >= 4 is 48.7 Å². The number of esters is 1. The van der Waals surface area contributed by atoms with Gasteiger partial charge in [-0.2, -0.15) is 0 Å². The van der Waals surface area contributed by atoms with Gasteiger partial charge in [-0.25, -0.2) is 14.6 Å². The van der Waals surface area contributed by atoms with E-state index in [2.05, 4.69) is 10.4 Å². The number of carbonyl (C=O) groups is 3. The van der Waals surface area contributed by atoms with Crippen molar-refractivity contribution in [2.24, 2.45) is 5.92 Å². The van der Waals surface area contributed by atoms with E-state index < -0.39 is 31.8 Å². The molecule has 1 saturated carbocycles. The predicted octanol–water partition coefficient (Wildman–Crippen LogP) is 4.66. The molecule has 1 unspecified atom stereocenters. The zero-order valence-electron chi connectivity index (χ0n) is 26.4. The van der Waals surface area contributed by atoms with Crippen molar-refractivity contribution < 1.29 is 33.3 Å². The molecular formula is C31H49Cl2N4O7P. The quantitative estimate of drug-likeness (QED) is 0.144. The number of benzene rings is 1. The van der Waals surface area contributed by atoms with Gasteiger partial charge < -0.3 is 19.3 Å². The summed E-state index contributed by atoms with van der Waals surface area (Å²) < 4.78 is 24.4. The summed E-state index contributed by atoms with van der Waals surface area (Å²) in [5, 5.41) is 15.8. The molecule has 1 aromatic rings. The number of aryl methyl sites for hydroxylation is 1. The highest BCUT2D eigenvalue weighted by molar-refractivity contribution is 7.54. The lowest BCUT2D eigenvalue weighted by atomic mass is 9.84. The van der Waals surface area contributed by atoms with Crippen LogP contribution in [0.1, 0.15) is 64.4 Å². The van der Waals surface area contributed by atoms with Gasteiger partial charge in [0.2, 0.25) is 5.91 Å². The number of nitrogens with one attached hydrogen (secondary N) is 2. The SMILES string of the molecule is CCOC(=O)[C@H](CCc1ccccc1)N[C@@H](C)C(=O)N1[C@H](C(=O)O)C[C@H]2CCCC[C@@H]21.O=P1(N(CCCl)CCCl)NCCCO1. The standard InChI is InChI=1S/C24H34N2O5.C7H15Cl2N2O2P/c1-3-31-24(30)19(14-13-17-9-5-4-6-10-17)25-16(2)22(27)26-20-12-8-7-11-18(20)15-21(26)23(28)29;8-2-5-11(6-3-9)14(12)10-4-1-7-13-14/h4-6,9-10,16,18-21,25H,3,7-8,11-15H2,1-2H3,(H,28,29);1-7H2,(H,10,12)/t16-,18+,19-,20-,21-;/m0./s1. The zero-order chi connectivity index (χ0) is 32.8. The molecule has 0 radical (unpaired) electrons. The van der Waals surface area contributed by atoms with E-state index in [1.807, 2.05) is 30.3 Å². The van der Waals surface area contributed by atoms with Crippen LogP contribution in [0.2, 0.25) is 0 Å². The van der Waals surface area contributed by atoms with Crippen LogP contribution in [0, 0.1) is 5.92 Å². The van der Waals surface area contributed by atoms with Crippen LogP contribution >= 0.6 is 30.9 Å². The molecule has 2 saturated heterocycles. The van der Waals surface area contributed by atoms with Crippen molar-refractivity contribution in [1.82, 2.24) is 20.0 Å². The third-order valence-corrected chi connectivity index (χ3v) is 11.2. The minimum Gasteiger partial charge on any atom is -0.480 e. The molecule has 11 nitrogen and oxygen atoms in total. The van der Waals surface area contributed by atoms with Crippen molar-refractivity contribution in [3.05, 3.63) is 35.9 Å². The maximum Gasteiger partial charge on any atom is 0.343 e. The van der Waals surface area contributed by atoms with Crippen LogP contribution in [-0.4, -0.2) is 101 Å². The van der Waals surface area contributed by atoms with Gasteiger partial charge in [-0.3, -0.25) is 19.5 Å². The summed E-state index contributed by atoms with van der Waals surface area (Å²) in [5.74, 6) is -0.468. The van der Waals surface area contributed by atoms with Crippen molar-refractivity contribution in [2.45, 2.75) is 89.4 Å². The number of hydrogen-bond donors (Lipinski definition) is 3. The van der Waals surface area contributed by atoms with Gasteiger partial charge in [-0.1, -0.05) is 43.2 Å². The monoisotopic (exact) mass is 690 g/mol. The van der Waals surface area contributed by atoms with E-state index in [0.717, 1.165) is 44.2 Å². The summed E-state index contributed by atoms with van der Waals surface area (Å²) >= 11 is 11.2. The molecule has 2 aliphatic heterocycles. The van der Waals surface area contributed by atoms with Crippen molar-refractivity contribution in [1.29, 1.82) is 0 Å². The summed E-state index contributed by atoms with van der Waals surface area (Å²) in [6.45, 7) is 6.04. The van der Waals surface area contributed by atoms with Crippen molar-refractivity contribution in [3.63, 3.8) is 0 Å². The first-order valence-corrected chi connectivity index (χ1v) is 18.7. The second-order valence-electron chi connectivity index (χ2n) is 11.6. The molecule has 0 aromatic heterocycles. The van der Waals surface area contributed by atoms with E-state index in [9.17, 15) is 24.1 Å². The number of carboxylic acid groups (broad SMARTS) is 1. The molecule has 45 heavy (non-hydrogen) atoms. The maximum absolute atomic E-state index is 13.4. The van der Waals surface area contributed by atoms with Crippen molar-refractivity contribution in [3.8, 4) is 0 Å². The Morgan fingerprint density at radius 1 is 1.16 bits per heavy atom. The van der Waals surface area contributed by atoms with Crippen LogP contribution < -0.4 is 10.4 Å². The van der Waals surface area contributed by atoms with Crippen LogP contribution in [0.15, 0.2) is 30.3 Å². The highest BCUT2D eigenvalue weighted by atomic mass is 35.5. The highest BCUT2D eigenvalue weighted by Crippen LogP contribution is 2.48. The smallest absolute Gasteiger partial charge is 0.343 e. The van der Waals surface area contributed by atoms with E-state index >= 15 is 0 Å². The van der Waals surface area contributed by atoms with E-state index in [1.165, 1.54) is 0 Å². The molecule has 2 heterocycles. The fourth-order valence-electron chi connectivity index (χ4n) is 6.34. The Bertz CT molecular complexity index is 1120. The number of hydrogen-bond acceptors (Lipinski definition) is 7. The molecule has 3 N–H and O–H groups in total. The fourth-order valence-corrected chi connectivity index (χ4v) is 8.98. The Balaban J connectivity index is 0.000000330. The molecule has 4 rings (SSSR count). The summed E-state index contributed by atoms with van der Waals surface area (Å²) in [7, 11) is -2.84. The molecule has 1 aromatic carbocycles. The third kappa shape index (κ3) is 10.9. The highest BCUT2D eigenvalue weighted by Gasteiger charge is 2.48. The largest absolute Gasteiger partial charge is 0.480 e. The number of nitrogens with zero attached hydrogens (tertiary/aromatic N) is 2. The van der Waals surface area contributed by atoms with Crippen LogP contribution in [0.5, 0.6) is 0 Å². The number of carbonyl (C=O) groups excluding carboxylic acids is 2. The summed E-state index contributed by atoms with van der Waals surface area (Å²) in [6.07, 6.45) is 6.51. The summed E-state index contributed by atoms with van der Waals surface area (Å²) in [5.41, 5.74) is 1.10. The van der Waals surface area contributed by atoms with Gasteiger partial charge in [-0.15, -0.1) is 23.2 Å². The number of rotatable bonds is 14. The number of alkyl halides is 2. The summed E-state index contributed by atoms with van der Waals surface area (Å²) in [6, 6.07) is 7.75. The van der Waals surface area contributed by atoms with Gasteiger partial charge in [0.1, 0.15) is 12.1 Å². The normalized spacial score (nSPS) is 25.9. The van der Waals surface area contributed by atoms with Crippen LogP contribution in [0.4, 0.5) is 0 Å². The maximum atomic E-state index is 13.4. The van der Waals surface area contributed by atoms with Gasteiger partial charge in [0.25, 0.3) is 0 Å². The van der Waals surface area contributed by atoms with Crippen molar-refractivity contribution in [2.75, 3.05) is 44.6 Å². The zero-order valence-corrected chi connectivity index (χ0v) is 28.8. The first-order valence-electron chi connectivity index (χ1n) is 16.0. The third-order valence-electron chi connectivity index (χ3n) is 8.54. The molecule has 1 amide bonds. The first kappa shape index (κ1) is 37.7. The molecule has 6 atom stereocenters. The Labute approximate surface area is 277 Å². The molecule has 0 bridgehead atoms.